The third-order valence-corrected chi connectivity index (χ3v) is 9.87. The Morgan fingerprint density at radius 3 is 1.89 bits per heavy atom. The summed E-state index contributed by atoms with van der Waals surface area (Å²) in [5, 5.41) is 2.29. The highest BCUT2D eigenvalue weighted by atomic mass is 16.3. The van der Waals surface area contributed by atoms with Crippen LogP contribution in [-0.4, -0.2) is 0 Å². The van der Waals surface area contributed by atoms with Crippen LogP contribution >= 0.6 is 0 Å². The van der Waals surface area contributed by atoms with E-state index in [9.17, 15) is 0 Å². The smallest absolute Gasteiger partial charge is 0.136 e. The molecular formula is C45H33NO. The molecule has 1 aliphatic rings. The van der Waals surface area contributed by atoms with Gasteiger partial charge in [0, 0.05) is 33.2 Å². The maximum Gasteiger partial charge on any atom is 0.136 e. The Hall–Kier alpha value is -5.86. The lowest BCUT2D eigenvalue weighted by Gasteiger charge is -2.28. The average molecular weight is 604 g/mol. The second-order valence-electron chi connectivity index (χ2n) is 13.0. The number of rotatable bonds is 5. The second kappa shape index (κ2) is 10.6. The number of nitrogens with zero attached hydrogens (tertiary/aromatic N) is 1. The molecule has 2 heteroatoms. The Morgan fingerprint density at radius 1 is 0.404 bits per heavy atom. The molecule has 0 N–H and O–H groups in total. The van der Waals surface area contributed by atoms with Crippen molar-refractivity contribution in [2.75, 3.05) is 4.90 Å². The Morgan fingerprint density at radius 2 is 1.02 bits per heavy atom. The van der Waals surface area contributed by atoms with E-state index in [4.69, 9.17) is 4.42 Å². The fraction of sp³-hybridized carbons (Fsp3) is 0.0667. The lowest BCUT2D eigenvalue weighted by atomic mass is 9.82. The third kappa shape index (κ3) is 4.48. The van der Waals surface area contributed by atoms with Crippen LogP contribution < -0.4 is 4.90 Å². The molecule has 1 heterocycles. The van der Waals surface area contributed by atoms with Crippen LogP contribution in [0.5, 0.6) is 0 Å². The normalized spacial score (nSPS) is 13.1. The minimum atomic E-state index is -0.0887. The van der Waals surface area contributed by atoms with E-state index in [0.717, 1.165) is 50.1 Å². The van der Waals surface area contributed by atoms with Gasteiger partial charge < -0.3 is 9.32 Å². The maximum atomic E-state index is 6.26. The van der Waals surface area contributed by atoms with Gasteiger partial charge in [-0.15, -0.1) is 0 Å². The van der Waals surface area contributed by atoms with Crippen molar-refractivity contribution in [2.45, 2.75) is 19.3 Å². The largest absolute Gasteiger partial charge is 0.456 e. The molecule has 0 amide bonds. The summed E-state index contributed by atoms with van der Waals surface area (Å²) in [4.78, 5) is 2.39. The lowest BCUT2D eigenvalue weighted by molar-refractivity contribution is 0.660. The van der Waals surface area contributed by atoms with Gasteiger partial charge in [-0.1, -0.05) is 123 Å². The first-order chi connectivity index (χ1) is 23.0. The molecule has 9 rings (SSSR count). The van der Waals surface area contributed by atoms with E-state index in [1.165, 1.54) is 33.4 Å². The van der Waals surface area contributed by atoms with Gasteiger partial charge in [0.05, 0.1) is 0 Å². The minimum absolute atomic E-state index is 0.0887. The molecule has 0 radical (unpaired) electrons. The van der Waals surface area contributed by atoms with Crippen LogP contribution in [0.3, 0.4) is 0 Å². The van der Waals surface area contributed by atoms with Crippen LogP contribution in [0.25, 0.3) is 55.3 Å². The molecule has 0 fully saturated rings. The van der Waals surface area contributed by atoms with Crippen LogP contribution in [0.4, 0.5) is 17.1 Å². The Kier molecular flexibility index (Phi) is 6.20. The molecular weight excluding hydrogens is 571 g/mol. The Labute approximate surface area is 275 Å². The average Bonchev–Trinajstić information content (AvgIpc) is 3.61. The first kappa shape index (κ1) is 27.5. The van der Waals surface area contributed by atoms with Gasteiger partial charge in [0.25, 0.3) is 0 Å². The Balaban J connectivity index is 1.18. The number of hydrogen-bond donors (Lipinski definition) is 0. The molecule has 224 valence electrons. The molecule has 47 heavy (non-hydrogen) atoms. The standard InChI is InChI=1S/C45H33NO/c1-45(2)41-17-8-6-15-37(41)38-26-24-36(29-42(38)45)46(34-22-19-31(20-23-34)30-11-4-3-5-12-30)35-14-10-13-32(27-35)33-21-25-40-39-16-7-9-18-43(39)47-44(40)28-33/h3-29H,1-2H3. The summed E-state index contributed by atoms with van der Waals surface area (Å²) in [5.41, 5.74) is 15.2. The van der Waals surface area contributed by atoms with Crippen molar-refractivity contribution < 1.29 is 4.42 Å². The Bertz CT molecular complexity index is 2430. The maximum absolute atomic E-state index is 6.26. The fourth-order valence-electron chi connectivity index (χ4n) is 7.44. The SMILES string of the molecule is CC1(C)c2ccccc2-c2ccc(N(c3ccc(-c4ccccc4)cc3)c3cccc(-c4ccc5c(c4)oc4ccccc45)c3)cc21. The predicted octanol–water partition coefficient (Wildman–Crippen LogP) is 12.7. The van der Waals surface area contributed by atoms with E-state index in [-0.39, 0.29) is 5.41 Å². The van der Waals surface area contributed by atoms with Crippen molar-refractivity contribution >= 4 is 39.0 Å². The highest BCUT2D eigenvalue weighted by Gasteiger charge is 2.35. The molecule has 0 saturated carbocycles. The fourth-order valence-corrected chi connectivity index (χ4v) is 7.44. The molecule has 0 unspecified atom stereocenters. The van der Waals surface area contributed by atoms with Crippen molar-refractivity contribution in [1.29, 1.82) is 0 Å². The van der Waals surface area contributed by atoms with Gasteiger partial charge in [0.1, 0.15) is 11.2 Å². The number of hydrogen-bond acceptors (Lipinski definition) is 2. The predicted molar refractivity (Wildman–Crippen MR) is 197 cm³/mol. The molecule has 0 bridgehead atoms. The second-order valence-corrected chi connectivity index (χ2v) is 13.0. The number of fused-ring (bicyclic) bond motifs is 6. The van der Waals surface area contributed by atoms with E-state index >= 15 is 0 Å². The minimum Gasteiger partial charge on any atom is -0.456 e. The molecule has 1 aromatic heterocycles. The summed E-state index contributed by atoms with van der Waals surface area (Å²) in [6.45, 7) is 4.69. The first-order valence-electron chi connectivity index (χ1n) is 16.3. The van der Waals surface area contributed by atoms with Crippen molar-refractivity contribution in [3.8, 4) is 33.4 Å². The van der Waals surface area contributed by atoms with E-state index in [1.807, 2.05) is 12.1 Å². The van der Waals surface area contributed by atoms with E-state index < -0.39 is 0 Å². The molecule has 0 aliphatic heterocycles. The summed E-state index contributed by atoms with van der Waals surface area (Å²) in [7, 11) is 0. The number of anilines is 3. The molecule has 0 spiro atoms. The number of para-hydroxylation sites is 1. The van der Waals surface area contributed by atoms with Crippen molar-refractivity contribution in [3.63, 3.8) is 0 Å². The molecule has 8 aromatic rings. The van der Waals surface area contributed by atoms with Gasteiger partial charge in [-0.25, -0.2) is 0 Å². The topological polar surface area (TPSA) is 16.4 Å². The zero-order valence-electron chi connectivity index (χ0n) is 26.4. The number of furan rings is 1. The number of benzene rings is 7. The highest BCUT2D eigenvalue weighted by Crippen LogP contribution is 2.50. The van der Waals surface area contributed by atoms with Crippen LogP contribution in [-0.2, 0) is 5.41 Å². The lowest BCUT2D eigenvalue weighted by Crippen LogP contribution is -2.16. The van der Waals surface area contributed by atoms with E-state index in [2.05, 4.69) is 170 Å². The van der Waals surface area contributed by atoms with Crippen LogP contribution in [0.2, 0.25) is 0 Å². The first-order valence-corrected chi connectivity index (χ1v) is 16.3. The van der Waals surface area contributed by atoms with Crippen LogP contribution in [0.15, 0.2) is 168 Å². The summed E-state index contributed by atoms with van der Waals surface area (Å²) in [6.07, 6.45) is 0. The van der Waals surface area contributed by atoms with Crippen molar-refractivity contribution in [2.24, 2.45) is 0 Å². The van der Waals surface area contributed by atoms with Crippen molar-refractivity contribution in [1.82, 2.24) is 0 Å². The summed E-state index contributed by atoms with van der Waals surface area (Å²) < 4.78 is 6.26. The molecule has 0 atom stereocenters. The van der Waals surface area contributed by atoms with Crippen molar-refractivity contribution in [3.05, 3.63) is 175 Å². The molecule has 1 aliphatic carbocycles. The van der Waals surface area contributed by atoms with Gasteiger partial charge in [-0.05, 0) is 99.1 Å². The molecule has 2 nitrogen and oxygen atoms in total. The van der Waals surface area contributed by atoms with Gasteiger partial charge in [0.15, 0.2) is 0 Å². The molecule has 7 aromatic carbocycles. The zero-order chi connectivity index (χ0) is 31.5. The van der Waals surface area contributed by atoms with Gasteiger partial charge in [-0.2, -0.15) is 0 Å². The molecule has 0 saturated heterocycles. The summed E-state index contributed by atoms with van der Waals surface area (Å²) in [6, 6.07) is 59.0. The van der Waals surface area contributed by atoms with E-state index in [0.29, 0.717) is 0 Å². The zero-order valence-corrected chi connectivity index (χ0v) is 26.4. The quantitative estimate of drug-likeness (QED) is 0.195. The summed E-state index contributed by atoms with van der Waals surface area (Å²) in [5.74, 6) is 0. The van der Waals surface area contributed by atoms with Gasteiger partial charge >= 0.3 is 0 Å². The van der Waals surface area contributed by atoms with E-state index in [1.54, 1.807) is 0 Å². The highest BCUT2D eigenvalue weighted by molar-refractivity contribution is 6.06. The van der Waals surface area contributed by atoms with Gasteiger partial charge in [-0.3, -0.25) is 0 Å². The third-order valence-electron chi connectivity index (χ3n) is 9.87. The van der Waals surface area contributed by atoms with Crippen LogP contribution in [0, 0.1) is 0 Å². The van der Waals surface area contributed by atoms with Gasteiger partial charge in [0.2, 0.25) is 0 Å². The van der Waals surface area contributed by atoms with Crippen LogP contribution in [0.1, 0.15) is 25.0 Å². The summed E-state index contributed by atoms with van der Waals surface area (Å²) >= 11 is 0. The monoisotopic (exact) mass is 603 g/mol.